The molecule has 18 heavy (non-hydrogen) atoms. The van der Waals surface area contributed by atoms with Gasteiger partial charge in [-0.25, -0.2) is 18.6 Å². The van der Waals surface area contributed by atoms with Gasteiger partial charge in [0.2, 0.25) is 0 Å². The monoisotopic (exact) mass is 381 g/mol. The summed E-state index contributed by atoms with van der Waals surface area (Å²) in [5.74, 6) is -1.41. The van der Waals surface area contributed by atoms with Crippen molar-refractivity contribution in [1.82, 2.24) is 4.98 Å². The number of nitrogens with zero attached hydrogens (tertiary/aromatic N) is 1. The quantitative estimate of drug-likeness (QED) is 0.341. The molecular weight excluding hydrogens is 376 g/mol. The second kappa shape index (κ2) is 5.33. The highest BCUT2D eigenvalue weighted by Crippen LogP contribution is 2.38. The zero-order valence-electron chi connectivity index (χ0n) is 8.69. The van der Waals surface area contributed by atoms with Gasteiger partial charge in [-0.05, 0) is 28.7 Å². The Bertz CT molecular complexity index is 475. The van der Waals surface area contributed by atoms with Crippen LogP contribution in [0.5, 0.6) is 0 Å². The summed E-state index contributed by atoms with van der Waals surface area (Å²) in [6.45, 7) is 0. The van der Waals surface area contributed by atoms with Gasteiger partial charge in [-0.15, -0.1) is 0 Å². The third kappa shape index (κ3) is 3.06. The van der Waals surface area contributed by atoms with Crippen molar-refractivity contribution in [3.63, 3.8) is 0 Å². The minimum atomic E-state index is -5.12. The molecule has 0 radical (unpaired) electrons. The smallest absolute Gasteiger partial charge is 0.419 e. The number of pyridine rings is 1. The van der Waals surface area contributed by atoms with E-state index in [4.69, 9.17) is 0 Å². The van der Waals surface area contributed by atoms with Crippen LogP contribution in [0.25, 0.3) is 0 Å². The molecule has 3 nitrogen and oxygen atoms in total. The molecule has 0 unspecified atom stereocenters. The highest BCUT2D eigenvalue weighted by atomic mass is 127. The van der Waals surface area contributed by atoms with E-state index in [2.05, 4.69) is 9.72 Å². The van der Waals surface area contributed by atoms with Gasteiger partial charge in [0.15, 0.2) is 5.69 Å². The fourth-order valence-corrected chi connectivity index (χ4v) is 1.82. The Labute approximate surface area is 111 Å². The third-order valence-corrected chi connectivity index (χ3v) is 2.47. The van der Waals surface area contributed by atoms with Crippen molar-refractivity contribution in [3.05, 3.63) is 26.6 Å². The van der Waals surface area contributed by atoms with E-state index in [0.29, 0.717) is 6.07 Å². The van der Waals surface area contributed by atoms with Crippen LogP contribution in [0.4, 0.5) is 22.0 Å². The minimum Gasteiger partial charge on any atom is -0.464 e. The summed E-state index contributed by atoms with van der Waals surface area (Å²) in [5, 5.41) is 0. The molecule has 0 saturated heterocycles. The van der Waals surface area contributed by atoms with E-state index in [-0.39, 0.29) is 3.70 Å². The van der Waals surface area contributed by atoms with Crippen molar-refractivity contribution >= 4 is 28.6 Å². The average molecular weight is 381 g/mol. The fourth-order valence-electron chi connectivity index (χ4n) is 1.25. The van der Waals surface area contributed by atoms with E-state index < -0.39 is 35.4 Å². The fraction of sp³-hybridized carbons (Fsp3) is 0.333. The molecule has 1 aromatic heterocycles. The van der Waals surface area contributed by atoms with E-state index in [9.17, 15) is 26.7 Å². The summed E-state index contributed by atoms with van der Waals surface area (Å²) < 4.78 is 67.3. The molecule has 0 amide bonds. The molecule has 9 heteroatoms. The predicted molar refractivity (Wildman–Crippen MR) is 58.3 cm³/mol. The van der Waals surface area contributed by atoms with E-state index >= 15 is 0 Å². The molecule has 0 aliphatic heterocycles. The van der Waals surface area contributed by atoms with E-state index in [1.807, 2.05) is 0 Å². The molecule has 0 aromatic carbocycles. The Kier molecular flexibility index (Phi) is 4.46. The van der Waals surface area contributed by atoms with Crippen LogP contribution in [0, 0.1) is 3.70 Å². The maximum Gasteiger partial charge on any atom is 0.419 e. The van der Waals surface area contributed by atoms with Crippen molar-refractivity contribution in [2.24, 2.45) is 0 Å². The van der Waals surface area contributed by atoms with Crippen molar-refractivity contribution in [1.29, 1.82) is 0 Å². The van der Waals surface area contributed by atoms with Crippen molar-refractivity contribution in [2.75, 3.05) is 7.11 Å². The normalized spacial score (nSPS) is 11.8. The summed E-state index contributed by atoms with van der Waals surface area (Å²) in [5.41, 5.74) is -4.21. The lowest BCUT2D eigenvalue weighted by Gasteiger charge is -2.15. The Morgan fingerprint density at radius 1 is 1.44 bits per heavy atom. The van der Waals surface area contributed by atoms with Gasteiger partial charge in [0.05, 0.1) is 12.7 Å². The first kappa shape index (κ1) is 15.1. The number of methoxy groups -OCH3 is 1. The highest BCUT2D eigenvalue weighted by Gasteiger charge is 2.41. The van der Waals surface area contributed by atoms with Gasteiger partial charge in [0.25, 0.3) is 6.43 Å². The summed E-state index contributed by atoms with van der Waals surface area (Å²) in [7, 11) is 0.839. The minimum absolute atomic E-state index is 0.156. The van der Waals surface area contributed by atoms with Crippen LogP contribution in [0.3, 0.4) is 0 Å². The van der Waals surface area contributed by atoms with E-state index in [0.717, 1.165) is 7.11 Å². The highest BCUT2D eigenvalue weighted by molar-refractivity contribution is 14.1. The zero-order chi connectivity index (χ0) is 14.1. The summed E-state index contributed by atoms with van der Waals surface area (Å²) in [4.78, 5) is 14.5. The topological polar surface area (TPSA) is 39.2 Å². The lowest BCUT2D eigenvalue weighted by Crippen LogP contribution is -2.20. The molecule has 1 heterocycles. The molecule has 0 saturated carbocycles. The summed E-state index contributed by atoms with van der Waals surface area (Å²) in [6, 6.07) is 0.584. The summed E-state index contributed by atoms with van der Waals surface area (Å²) in [6.07, 6.45) is -8.49. The largest absolute Gasteiger partial charge is 0.464 e. The molecule has 0 N–H and O–H groups in total. The Balaban J connectivity index is 3.64. The summed E-state index contributed by atoms with van der Waals surface area (Å²) >= 11 is 1.44. The van der Waals surface area contributed by atoms with Crippen molar-refractivity contribution < 1.29 is 31.5 Å². The Hall–Kier alpha value is -1.00. The first-order valence-corrected chi connectivity index (χ1v) is 5.40. The standard InChI is InChI=1S/C9H5F5INO2/c1-18-8(17)6-5(9(12,13)14)3(7(10)11)2-4(15)16-6/h2,7H,1H3. The van der Waals surface area contributed by atoms with Crippen LogP contribution in [0.2, 0.25) is 0 Å². The van der Waals surface area contributed by atoms with Crippen LogP contribution in [-0.4, -0.2) is 18.1 Å². The van der Waals surface area contributed by atoms with Crippen molar-refractivity contribution in [2.45, 2.75) is 12.6 Å². The Morgan fingerprint density at radius 2 is 2.00 bits per heavy atom. The van der Waals surface area contributed by atoms with Gasteiger partial charge in [0.1, 0.15) is 3.70 Å². The van der Waals surface area contributed by atoms with Gasteiger partial charge >= 0.3 is 12.1 Å². The second-order valence-corrected chi connectivity index (χ2v) is 4.15. The molecule has 0 bridgehead atoms. The number of aromatic nitrogens is 1. The van der Waals surface area contributed by atoms with Crippen LogP contribution in [-0.2, 0) is 10.9 Å². The number of hydrogen-bond acceptors (Lipinski definition) is 3. The zero-order valence-corrected chi connectivity index (χ0v) is 10.8. The number of carbonyl (C=O) groups is 1. The number of halogens is 6. The van der Waals surface area contributed by atoms with E-state index in [1.165, 1.54) is 22.6 Å². The predicted octanol–water partition coefficient (Wildman–Crippen LogP) is 3.43. The first-order chi connectivity index (χ1) is 8.18. The lowest BCUT2D eigenvalue weighted by molar-refractivity contribution is -0.140. The molecule has 0 fully saturated rings. The number of carbonyl (C=O) groups excluding carboxylic acids is 1. The van der Waals surface area contributed by atoms with Crippen LogP contribution < -0.4 is 0 Å². The van der Waals surface area contributed by atoms with Crippen LogP contribution in [0.1, 0.15) is 28.0 Å². The van der Waals surface area contributed by atoms with Crippen molar-refractivity contribution in [3.8, 4) is 0 Å². The van der Waals surface area contributed by atoms with Gasteiger partial charge in [-0.1, -0.05) is 0 Å². The number of ether oxygens (including phenoxy) is 1. The lowest BCUT2D eigenvalue weighted by atomic mass is 10.1. The van der Waals surface area contributed by atoms with Gasteiger partial charge in [0, 0.05) is 5.56 Å². The molecule has 1 aromatic rings. The maximum atomic E-state index is 12.7. The first-order valence-electron chi connectivity index (χ1n) is 4.32. The number of hydrogen-bond donors (Lipinski definition) is 0. The average Bonchev–Trinajstić information content (AvgIpc) is 2.24. The molecule has 0 spiro atoms. The van der Waals surface area contributed by atoms with Crippen LogP contribution >= 0.6 is 22.6 Å². The van der Waals surface area contributed by atoms with Gasteiger partial charge < -0.3 is 4.74 Å². The molecular formula is C9H5F5INO2. The molecule has 0 atom stereocenters. The number of alkyl halides is 5. The number of esters is 1. The SMILES string of the molecule is COC(=O)c1nc(I)cc(C(F)F)c1C(F)(F)F. The third-order valence-electron chi connectivity index (χ3n) is 1.92. The van der Waals surface area contributed by atoms with Gasteiger partial charge in [-0.3, -0.25) is 0 Å². The van der Waals surface area contributed by atoms with E-state index in [1.54, 1.807) is 0 Å². The maximum absolute atomic E-state index is 12.7. The molecule has 0 aliphatic carbocycles. The second-order valence-electron chi connectivity index (χ2n) is 3.05. The number of rotatable bonds is 2. The molecule has 1 rings (SSSR count). The molecule has 100 valence electrons. The van der Waals surface area contributed by atoms with Gasteiger partial charge in [-0.2, -0.15) is 13.2 Å². The van der Waals surface area contributed by atoms with Crippen LogP contribution in [0.15, 0.2) is 6.07 Å². The molecule has 0 aliphatic rings. The Morgan fingerprint density at radius 3 is 2.39 bits per heavy atom.